The predicted octanol–water partition coefficient (Wildman–Crippen LogP) is 0.907. The Labute approximate surface area is 189 Å². The van der Waals surface area contributed by atoms with Crippen molar-refractivity contribution in [3.8, 4) is 5.88 Å². The van der Waals surface area contributed by atoms with E-state index in [0.717, 1.165) is 32.1 Å². The predicted molar refractivity (Wildman–Crippen MR) is 118 cm³/mol. The molecule has 2 bridgehead atoms. The van der Waals surface area contributed by atoms with E-state index in [1.165, 1.54) is 21.4 Å². The van der Waals surface area contributed by atoms with Crippen molar-refractivity contribution in [2.45, 2.75) is 63.8 Å². The second-order valence-electron chi connectivity index (χ2n) is 10.2. The molecule has 4 heterocycles. The van der Waals surface area contributed by atoms with Crippen LogP contribution in [0.25, 0.3) is 11.7 Å². The van der Waals surface area contributed by atoms with Crippen LogP contribution in [-0.2, 0) is 16.1 Å². The number of aromatic hydroxyl groups is 1. The third-order valence-corrected chi connectivity index (χ3v) is 7.28. The van der Waals surface area contributed by atoms with Gasteiger partial charge in [-0.2, -0.15) is 9.61 Å². The lowest BCUT2D eigenvalue weighted by Crippen LogP contribution is -2.40. The van der Waals surface area contributed by atoms with Gasteiger partial charge in [-0.05, 0) is 43.6 Å². The fourth-order valence-corrected chi connectivity index (χ4v) is 4.84. The van der Waals surface area contributed by atoms with E-state index in [1.807, 2.05) is 4.90 Å². The molecule has 2 aliphatic heterocycles. The van der Waals surface area contributed by atoms with Crippen LogP contribution in [0.4, 0.5) is 0 Å². The molecule has 2 saturated heterocycles. The highest BCUT2D eigenvalue weighted by molar-refractivity contribution is 5.97. The van der Waals surface area contributed by atoms with Crippen molar-refractivity contribution in [1.82, 2.24) is 24.4 Å². The van der Waals surface area contributed by atoms with Gasteiger partial charge in [0, 0.05) is 30.8 Å². The van der Waals surface area contributed by atoms with Gasteiger partial charge in [-0.15, -0.1) is 0 Å². The van der Waals surface area contributed by atoms with Crippen molar-refractivity contribution >= 4 is 23.5 Å². The summed E-state index contributed by atoms with van der Waals surface area (Å²) in [4.78, 5) is 40.7. The largest absolute Gasteiger partial charge is 0.492 e. The number of carbonyl (C=O) groups excluding carboxylic acids is 2. The van der Waals surface area contributed by atoms with Gasteiger partial charge < -0.3 is 20.1 Å². The van der Waals surface area contributed by atoms with Crippen LogP contribution >= 0.6 is 0 Å². The van der Waals surface area contributed by atoms with Crippen molar-refractivity contribution < 1.29 is 19.4 Å². The van der Waals surface area contributed by atoms with Crippen molar-refractivity contribution in [3.63, 3.8) is 0 Å². The lowest BCUT2D eigenvalue weighted by molar-refractivity contribution is -0.130. The van der Waals surface area contributed by atoms with Gasteiger partial charge in [0.15, 0.2) is 5.56 Å². The number of rotatable bonds is 6. The number of nitrogens with one attached hydrogen (secondary N) is 1. The number of fused-ring (bicyclic) bond motifs is 3. The van der Waals surface area contributed by atoms with Gasteiger partial charge in [0.2, 0.25) is 11.8 Å². The Balaban J connectivity index is 1.39. The van der Waals surface area contributed by atoms with E-state index in [0.29, 0.717) is 30.9 Å². The lowest BCUT2D eigenvalue weighted by atomic mass is 10.1. The van der Waals surface area contributed by atoms with Crippen LogP contribution in [0.3, 0.4) is 0 Å². The first kappa shape index (κ1) is 20.5. The number of morpholine rings is 1. The first-order chi connectivity index (χ1) is 15.8. The molecule has 6 rings (SSSR count). The molecule has 2 aromatic rings. The van der Waals surface area contributed by atoms with Crippen LogP contribution in [-0.4, -0.2) is 67.3 Å². The van der Waals surface area contributed by atoms with E-state index in [4.69, 9.17) is 4.74 Å². The summed E-state index contributed by atoms with van der Waals surface area (Å²) in [6.45, 7) is 3.66. The first-order valence-corrected chi connectivity index (χ1v) is 11.6. The molecule has 10 heteroatoms. The molecule has 0 aromatic carbocycles. The standard InChI is InChI=1S/C23H27N5O5/c1-23(6-7-23)12-27-20-13(2-5-17(29)26-10-16-8-15(26)11-33-16)9-24-28(20)22(32)18(21(27)31)19(30)25-14-3-4-14/h2,5,9,14-16,32H,3-4,6-8,10-12H2,1H3,(H,25,30)/b5-2+/t15-,16?/m0/s1. The molecule has 174 valence electrons. The summed E-state index contributed by atoms with van der Waals surface area (Å²) in [5.74, 6) is -1.17. The maximum Gasteiger partial charge on any atom is 0.270 e. The SMILES string of the molecule is CC1(Cn2c(=O)c(C(=O)NC3CC3)c(O)n3ncc(/C=C/C(=O)N4CC5C[C@H]4CO5)c23)CC1. The maximum absolute atomic E-state index is 13.4. The fraction of sp³-hybridized carbons (Fsp3) is 0.565. The molecule has 0 spiro atoms. The Morgan fingerprint density at radius 3 is 2.79 bits per heavy atom. The molecular weight excluding hydrogens is 426 g/mol. The average molecular weight is 453 g/mol. The Morgan fingerprint density at radius 2 is 2.15 bits per heavy atom. The van der Waals surface area contributed by atoms with E-state index in [1.54, 1.807) is 6.08 Å². The Kier molecular flexibility index (Phi) is 4.45. The molecule has 2 atom stereocenters. The van der Waals surface area contributed by atoms with E-state index >= 15 is 0 Å². The quantitative estimate of drug-likeness (QED) is 0.628. The number of hydrogen-bond donors (Lipinski definition) is 2. The topological polar surface area (TPSA) is 118 Å². The van der Waals surface area contributed by atoms with Gasteiger partial charge in [-0.3, -0.25) is 19.0 Å². The Morgan fingerprint density at radius 1 is 1.36 bits per heavy atom. The van der Waals surface area contributed by atoms with Crippen LogP contribution in [0.5, 0.6) is 5.88 Å². The molecule has 2 N–H and O–H groups in total. The second kappa shape index (κ2) is 7.18. The third kappa shape index (κ3) is 3.52. The molecule has 2 aromatic heterocycles. The van der Waals surface area contributed by atoms with E-state index in [-0.39, 0.29) is 35.1 Å². The van der Waals surface area contributed by atoms with Crippen LogP contribution in [0, 0.1) is 5.41 Å². The van der Waals surface area contributed by atoms with Crippen LogP contribution in [0.2, 0.25) is 0 Å². The smallest absolute Gasteiger partial charge is 0.270 e. The molecule has 2 aliphatic carbocycles. The van der Waals surface area contributed by atoms with Gasteiger partial charge in [-0.1, -0.05) is 6.92 Å². The number of ether oxygens (including phenoxy) is 1. The summed E-state index contributed by atoms with van der Waals surface area (Å²) >= 11 is 0. The van der Waals surface area contributed by atoms with Gasteiger partial charge in [0.1, 0.15) is 5.65 Å². The summed E-state index contributed by atoms with van der Waals surface area (Å²) in [6.07, 6.45) is 9.31. The average Bonchev–Trinajstić information content (AvgIpc) is 3.57. The van der Waals surface area contributed by atoms with Crippen molar-refractivity contribution in [2.24, 2.45) is 5.41 Å². The van der Waals surface area contributed by atoms with E-state index in [2.05, 4.69) is 17.3 Å². The number of hydrogen-bond acceptors (Lipinski definition) is 6. The van der Waals surface area contributed by atoms with Crippen LogP contribution in [0.1, 0.15) is 54.9 Å². The molecule has 2 saturated carbocycles. The van der Waals surface area contributed by atoms with E-state index in [9.17, 15) is 19.5 Å². The highest BCUT2D eigenvalue weighted by atomic mass is 16.5. The van der Waals surface area contributed by atoms with Gasteiger partial charge in [-0.25, -0.2) is 0 Å². The highest BCUT2D eigenvalue weighted by Gasteiger charge is 2.41. The molecule has 1 unspecified atom stereocenters. The highest BCUT2D eigenvalue weighted by Crippen LogP contribution is 2.46. The number of nitrogens with zero attached hydrogens (tertiary/aromatic N) is 4. The zero-order valence-corrected chi connectivity index (χ0v) is 18.5. The van der Waals surface area contributed by atoms with Crippen LogP contribution < -0.4 is 10.9 Å². The summed E-state index contributed by atoms with van der Waals surface area (Å²) in [7, 11) is 0. The third-order valence-electron chi connectivity index (χ3n) is 7.28. The number of amides is 2. The number of aromatic nitrogens is 3. The molecule has 2 amide bonds. The van der Waals surface area contributed by atoms with Gasteiger partial charge >= 0.3 is 0 Å². The first-order valence-electron chi connectivity index (χ1n) is 11.6. The summed E-state index contributed by atoms with van der Waals surface area (Å²) in [6, 6.07) is 0.162. The minimum Gasteiger partial charge on any atom is -0.492 e. The lowest BCUT2D eigenvalue weighted by Gasteiger charge is -2.25. The number of likely N-dealkylation sites (tertiary alicyclic amines) is 1. The van der Waals surface area contributed by atoms with Crippen molar-refractivity contribution in [1.29, 1.82) is 0 Å². The zero-order chi connectivity index (χ0) is 22.9. The second-order valence-corrected chi connectivity index (χ2v) is 10.2. The molecule has 0 radical (unpaired) electrons. The summed E-state index contributed by atoms with van der Waals surface area (Å²) < 4.78 is 8.32. The zero-order valence-electron chi connectivity index (χ0n) is 18.5. The molecule has 10 nitrogen and oxygen atoms in total. The minimum absolute atomic E-state index is 0.0403. The molecule has 33 heavy (non-hydrogen) atoms. The Bertz CT molecular complexity index is 1250. The normalized spacial score (nSPS) is 25.3. The van der Waals surface area contributed by atoms with E-state index < -0.39 is 17.3 Å². The van der Waals surface area contributed by atoms with Gasteiger partial charge in [0.25, 0.3) is 11.5 Å². The molecule has 4 aliphatic rings. The van der Waals surface area contributed by atoms with Gasteiger partial charge in [0.05, 0.1) is 24.9 Å². The number of carbonyl (C=O) groups is 2. The Hall–Kier alpha value is -3.14. The van der Waals surface area contributed by atoms with Crippen molar-refractivity contribution in [2.75, 3.05) is 13.2 Å². The maximum atomic E-state index is 13.4. The molecule has 4 fully saturated rings. The van der Waals surface area contributed by atoms with Crippen molar-refractivity contribution in [3.05, 3.63) is 33.8 Å². The monoisotopic (exact) mass is 453 g/mol. The minimum atomic E-state index is -0.578. The summed E-state index contributed by atoms with van der Waals surface area (Å²) in [5, 5.41) is 17.9. The van der Waals surface area contributed by atoms with Crippen LogP contribution in [0.15, 0.2) is 17.1 Å². The molecular formula is C23H27N5O5. The summed E-state index contributed by atoms with van der Waals surface area (Å²) in [5.41, 5.74) is 0.0448. The fourth-order valence-electron chi connectivity index (χ4n) is 4.84.